The maximum atomic E-state index is 13.2. The molecule has 0 aliphatic carbocycles. The lowest BCUT2D eigenvalue weighted by atomic mass is 10.1. The van der Waals surface area contributed by atoms with Crippen LogP contribution in [-0.2, 0) is 0 Å². The molecule has 0 saturated heterocycles. The largest absolute Gasteiger partial charge is 0.369 e. The first kappa shape index (κ1) is 25.8. The van der Waals surface area contributed by atoms with Crippen molar-refractivity contribution in [2.24, 2.45) is 0 Å². The monoisotopic (exact) mass is 475 g/mol. The minimum atomic E-state index is -0.422. The van der Waals surface area contributed by atoms with Crippen LogP contribution in [0.25, 0.3) is 11.4 Å². The Balaban J connectivity index is 1.84. The van der Waals surface area contributed by atoms with E-state index in [0.29, 0.717) is 42.5 Å². The number of aromatic nitrogens is 2. The third kappa shape index (κ3) is 7.87. The van der Waals surface area contributed by atoms with Crippen LogP contribution in [0.2, 0.25) is 0 Å². The third-order valence-electron chi connectivity index (χ3n) is 5.12. The number of rotatable bonds is 11. The topological polar surface area (TPSA) is 102 Å². The quantitative estimate of drug-likeness (QED) is 0.392. The van der Waals surface area contributed by atoms with E-state index in [9.17, 15) is 9.59 Å². The Labute approximate surface area is 206 Å². The Kier molecular flexibility index (Phi) is 9.28. The zero-order valence-corrected chi connectivity index (χ0v) is 20.7. The summed E-state index contributed by atoms with van der Waals surface area (Å²) >= 11 is 0. The molecule has 0 aliphatic rings. The summed E-state index contributed by atoms with van der Waals surface area (Å²) in [5.41, 5.74) is 1.82. The van der Waals surface area contributed by atoms with Gasteiger partial charge in [-0.2, -0.15) is 0 Å². The van der Waals surface area contributed by atoms with E-state index in [1.54, 1.807) is 30.3 Å². The molecule has 0 radical (unpaired) electrons. The molecule has 184 valence electrons. The lowest BCUT2D eigenvalue weighted by molar-refractivity contribution is 0.0952. The van der Waals surface area contributed by atoms with Gasteiger partial charge in [0.05, 0.1) is 11.3 Å². The molecule has 0 spiro atoms. The molecule has 0 atom stereocenters. The number of nitrogens with one attached hydrogen (secondary N) is 3. The highest BCUT2D eigenvalue weighted by Crippen LogP contribution is 2.20. The molecule has 0 fully saturated rings. The smallest absolute Gasteiger partial charge is 0.274 e. The zero-order chi connectivity index (χ0) is 25.2. The SMILES string of the molecule is CN(C)CCNC(=O)c1ccccc1NC(=O)c1cc(NCCN(C)C)nc(-c2ccccc2)n1. The summed E-state index contributed by atoms with van der Waals surface area (Å²) in [5.74, 6) is 0.330. The molecule has 0 bridgehead atoms. The molecule has 2 aromatic carbocycles. The van der Waals surface area contributed by atoms with Crippen molar-refractivity contribution in [1.29, 1.82) is 0 Å². The Morgan fingerprint density at radius 1 is 0.800 bits per heavy atom. The number of carbonyl (C=O) groups is 2. The van der Waals surface area contributed by atoms with E-state index in [2.05, 4.69) is 30.8 Å². The van der Waals surface area contributed by atoms with Crippen molar-refractivity contribution >= 4 is 23.3 Å². The molecule has 9 heteroatoms. The van der Waals surface area contributed by atoms with Crippen LogP contribution in [0.1, 0.15) is 20.8 Å². The Hall–Kier alpha value is -3.82. The number of nitrogens with zero attached hydrogens (tertiary/aromatic N) is 4. The molecule has 3 N–H and O–H groups in total. The molecule has 0 unspecified atom stereocenters. The van der Waals surface area contributed by atoms with Gasteiger partial charge in [-0.05, 0) is 40.3 Å². The summed E-state index contributed by atoms with van der Waals surface area (Å²) in [4.78, 5) is 39.1. The van der Waals surface area contributed by atoms with Gasteiger partial charge in [0, 0.05) is 37.8 Å². The molecule has 2 amide bonds. The molecule has 1 heterocycles. The van der Waals surface area contributed by atoms with E-state index in [1.807, 2.05) is 63.4 Å². The number of anilines is 2. The minimum absolute atomic E-state index is 0.203. The fourth-order valence-electron chi connectivity index (χ4n) is 3.24. The van der Waals surface area contributed by atoms with Gasteiger partial charge in [0.2, 0.25) is 0 Å². The first-order chi connectivity index (χ1) is 16.8. The zero-order valence-electron chi connectivity index (χ0n) is 20.7. The highest BCUT2D eigenvalue weighted by molar-refractivity contribution is 6.08. The second-order valence-corrected chi connectivity index (χ2v) is 8.62. The van der Waals surface area contributed by atoms with Crippen molar-refractivity contribution in [2.45, 2.75) is 0 Å². The van der Waals surface area contributed by atoms with Crippen molar-refractivity contribution in [3.8, 4) is 11.4 Å². The third-order valence-corrected chi connectivity index (χ3v) is 5.12. The number of benzene rings is 2. The predicted octanol–water partition coefficient (Wildman–Crippen LogP) is 2.66. The van der Waals surface area contributed by atoms with Gasteiger partial charge in [-0.3, -0.25) is 9.59 Å². The molecule has 3 rings (SSSR count). The van der Waals surface area contributed by atoms with Gasteiger partial charge < -0.3 is 25.8 Å². The Bertz CT molecular complexity index is 1130. The second kappa shape index (κ2) is 12.6. The van der Waals surface area contributed by atoms with Crippen molar-refractivity contribution in [1.82, 2.24) is 25.1 Å². The first-order valence-corrected chi connectivity index (χ1v) is 11.5. The van der Waals surface area contributed by atoms with Crippen LogP contribution < -0.4 is 16.0 Å². The average molecular weight is 476 g/mol. The van der Waals surface area contributed by atoms with Gasteiger partial charge in [-0.25, -0.2) is 9.97 Å². The van der Waals surface area contributed by atoms with E-state index in [1.165, 1.54) is 0 Å². The van der Waals surface area contributed by atoms with Crippen molar-refractivity contribution < 1.29 is 9.59 Å². The first-order valence-electron chi connectivity index (χ1n) is 11.5. The molecule has 35 heavy (non-hydrogen) atoms. The molecular weight excluding hydrogens is 442 g/mol. The Morgan fingerprint density at radius 2 is 1.46 bits per heavy atom. The summed E-state index contributed by atoms with van der Waals surface area (Å²) in [6.07, 6.45) is 0. The normalized spacial score (nSPS) is 10.9. The number of hydrogen-bond donors (Lipinski definition) is 3. The van der Waals surface area contributed by atoms with Crippen LogP contribution in [0, 0.1) is 0 Å². The fourth-order valence-corrected chi connectivity index (χ4v) is 3.24. The lowest BCUT2D eigenvalue weighted by Crippen LogP contribution is -2.32. The van der Waals surface area contributed by atoms with E-state index in [-0.39, 0.29) is 11.6 Å². The van der Waals surface area contributed by atoms with Crippen LogP contribution in [0.5, 0.6) is 0 Å². The van der Waals surface area contributed by atoms with Crippen molar-refractivity contribution in [2.75, 3.05) is 65.0 Å². The van der Waals surface area contributed by atoms with E-state index in [4.69, 9.17) is 0 Å². The predicted molar refractivity (Wildman–Crippen MR) is 140 cm³/mol. The van der Waals surface area contributed by atoms with Gasteiger partial charge >= 0.3 is 0 Å². The molecule has 1 aromatic heterocycles. The maximum absolute atomic E-state index is 13.2. The van der Waals surface area contributed by atoms with Crippen LogP contribution in [-0.4, -0.2) is 86.0 Å². The second-order valence-electron chi connectivity index (χ2n) is 8.62. The van der Waals surface area contributed by atoms with Gasteiger partial charge in [-0.15, -0.1) is 0 Å². The minimum Gasteiger partial charge on any atom is -0.369 e. The lowest BCUT2D eigenvalue weighted by Gasteiger charge is -2.14. The number of likely N-dealkylation sites (N-methyl/N-ethyl adjacent to an activating group) is 2. The molecular formula is C26H33N7O2. The van der Waals surface area contributed by atoms with Gasteiger partial charge in [0.15, 0.2) is 5.82 Å². The summed E-state index contributed by atoms with van der Waals surface area (Å²) in [5, 5.41) is 9.00. The van der Waals surface area contributed by atoms with Crippen LogP contribution in [0.15, 0.2) is 60.7 Å². The Morgan fingerprint density at radius 3 is 2.17 bits per heavy atom. The van der Waals surface area contributed by atoms with Crippen molar-refractivity contribution in [3.05, 3.63) is 71.9 Å². The molecule has 0 aliphatic heterocycles. The van der Waals surface area contributed by atoms with Crippen LogP contribution in [0.4, 0.5) is 11.5 Å². The average Bonchev–Trinajstić information content (AvgIpc) is 2.84. The highest BCUT2D eigenvalue weighted by Gasteiger charge is 2.17. The molecule has 0 saturated carbocycles. The summed E-state index contributed by atoms with van der Waals surface area (Å²) < 4.78 is 0. The van der Waals surface area contributed by atoms with Gasteiger partial charge in [-0.1, -0.05) is 42.5 Å². The summed E-state index contributed by atoms with van der Waals surface area (Å²) in [6, 6.07) is 18.1. The van der Waals surface area contributed by atoms with E-state index < -0.39 is 5.91 Å². The van der Waals surface area contributed by atoms with Crippen LogP contribution in [0.3, 0.4) is 0 Å². The van der Waals surface area contributed by atoms with Gasteiger partial charge in [0.1, 0.15) is 11.5 Å². The molecule has 9 nitrogen and oxygen atoms in total. The van der Waals surface area contributed by atoms with Gasteiger partial charge in [0.25, 0.3) is 11.8 Å². The highest BCUT2D eigenvalue weighted by atomic mass is 16.2. The number of carbonyl (C=O) groups excluding carboxylic acids is 2. The summed E-state index contributed by atoms with van der Waals surface area (Å²) in [6.45, 7) is 2.69. The van der Waals surface area contributed by atoms with Crippen LogP contribution >= 0.6 is 0 Å². The van der Waals surface area contributed by atoms with E-state index >= 15 is 0 Å². The van der Waals surface area contributed by atoms with E-state index in [0.717, 1.165) is 12.1 Å². The number of hydrogen-bond acceptors (Lipinski definition) is 7. The fraction of sp³-hybridized carbons (Fsp3) is 0.308. The standard InChI is InChI=1S/C26H33N7O2/c1-32(2)16-14-27-23-18-22(29-24(31-23)19-10-6-5-7-11-19)26(35)30-21-13-9-8-12-20(21)25(34)28-15-17-33(3)4/h5-13,18H,14-17H2,1-4H3,(H,28,34)(H,30,35)(H,27,29,31). The molecule has 3 aromatic rings. The summed E-state index contributed by atoms with van der Waals surface area (Å²) in [7, 11) is 7.86. The number of amides is 2. The number of para-hydroxylation sites is 1. The maximum Gasteiger partial charge on any atom is 0.274 e. The van der Waals surface area contributed by atoms with Crippen molar-refractivity contribution in [3.63, 3.8) is 0 Å².